The fourth-order valence-corrected chi connectivity index (χ4v) is 2.23. The Kier molecular flexibility index (Phi) is 4.38. The zero-order chi connectivity index (χ0) is 10.5. The van der Waals surface area contributed by atoms with Gasteiger partial charge in [0, 0.05) is 25.0 Å². The van der Waals surface area contributed by atoms with Crippen LogP contribution in [0.1, 0.15) is 12.8 Å². The molecule has 0 spiro atoms. The van der Waals surface area contributed by atoms with Crippen molar-refractivity contribution in [2.75, 3.05) is 46.1 Å². The molecule has 1 atom stereocenters. The normalized spacial score (nSPS) is 29.0. The Balaban J connectivity index is 1.62. The van der Waals surface area contributed by atoms with Gasteiger partial charge in [-0.05, 0) is 19.4 Å². The molecule has 2 heterocycles. The SMILES string of the molecule is NCC1COCCN1CCCC1COC1. The van der Waals surface area contributed by atoms with E-state index in [-0.39, 0.29) is 0 Å². The first-order valence-corrected chi connectivity index (χ1v) is 5.99. The Hall–Kier alpha value is -0.160. The van der Waals surface area contributed by atoms with Gasteiger partial charge in [-0.3, -0.25) is 4.90 Å². The summed E-state index contributed by atoms with van der Waals surface area (Å²) >= 11 is 0. The molecule has 0 aliphatic carbocycles. The molecule has 0 aromatic heterocycles. The minimum atomic E-state index is 0.441. The summed E-state index contributed by atoms with van der Waals surface area (Å²) in [7, 11) is 0. The smallest absolute Gasteiger partial charge is 0.0634 e. The lowest BCUT2D eigenvalue weighted by Crippen LogP contribution is -2.49. The first kappa shape index (κ1) is 11.3. The molecule has 0 saturated carbocycles. The predicted octanol–water partition coefficient (Wildman–Crippen LogP) is 0.0725. The van der Waals surface area contributed by atoms with Crippen LogP contribution >= 0.6 is 0 Å². The van der Waals surface area contributed by atoms with Gasteiger partial charge in [0.25, 0.3) is 0 Å². The van der Waals surface area contributed by atoms with Gasteiger partial charge in [-0.15, -0.1) is 0 Å². The van der Waals surface area contributed by atoms with Crippen molar-refractivity contribution in [3.05, 3.63) is 0 Å². The van der Waals surface area contributed by atoms with Gasteiger partial charge in [0.2, 0.25) is 0 Å². The average molecular weight is 214 g/mol. The summed E-state index contributed by atoms with van der Waals surface area (Å²) in [4.78, 5) is 2.48. The fraction of sp³-hybridized carbons (Fsp3) is 1.00. The molecule has 2 saturated heterocycles. The molecule has 2 fully saturated rings. The molecule has 4 heteroatoms. The van der Waals surface area contributed by atoms with E-state index < -0.39 is 0 Å². The Bertz CT molecular complexity index is 185. The number of morpholine rings is 1. The summed E-state index contributed by atoms with van der Waals surface area (Å²) in [6.45, 7) is 6.55. The largest absolute Gasteiger partial charge is 0.381 e. The summed E-state index contributed by atoms with van der Waals surface area (Å²) in [5, 5.41) is 0. The van der Waals surface area contributed by atoms with E-state index in [1.807, 2.05) is 0 Å². The monoisotopic (exact) mass is 214 g/mol. The van der Waals surface area contributed by atoms with Crippen molar-refractivity contribution >= 4 is 0 Å². The molecule has 2 aliphatic heterocycles. The van der Waals surface area contributed by atoms with Crippen molar-refractivity contribution in [3.8, 4) is 0 Å². The van der Waals surface area contributed by atoms with Crippen LogP contribution in [0.5, 0.6) is 0 Å². The standard InChI is InChI=1S/C11H22N2O2/c12-6-11-9-14-5-4-13(11)3-1-2-10-7-15-8-10/h10-11H,1-9,12H2. The molecule has 88 valence electrons. The Labute approximate surface area is 91.7 Å². The lowest BCUT2D eigenvalue weighted by molar-refractivity contribution is -0.0408. The van der Waals surface area contributed by atoms with E-state index in [4.69, 9.17) is 15.2 Å². The van der Waals surface area contributed by atoms with Crippen molar-refractivity contribution in [1.29, 1.82) is 0 Å². The molecule has 0 aromatic carbocycles. The third-order valence-electron chi connectivity index (χ3n) is 3.39. The van der Waals surface area contributed by atoms with E-state index in [9.17, 15) is 0 Å². The molecule has 2 N–H and O–H groups in total. The van der Waals surface area contributed by atoms with Gasteiger partial charge in [0.05, 0.1) is 26.4 Å². The van der Waals surface area contributed by atoms with E-state index in [0.29, 0.717) is 12.6 Å². The molecular formula is C11H22N2O2. The number of ether oxygens (including phenoxy) is 2. The van der Waals surface area contributed by atoms with Crippen LogP contribution in [0.25, 0.3) is 0 Å². The van der Waals surface area contributed by atoms with E-state index >= 15 is 0 Å². The van der Waals surface area contributed by atoms with E-state index in [1.54, 1.807) is 0 Å². The summed E-state index contributed by atoms with van der Waals surface area (Å²) in [5.74, 6) is 0.822. The number of hydrogen-bond donors (Lipinski definition) is 1. The van der Waals surface area contributed by atoms with Crippen LogP contribution in [0.2, 0.25) is 0 Å². The number of hydrogen-bond acceptors (Lipinski definition) is 4. The summed E-state index contributed by atoms with van der Waals surface area (Å²) in [5.41, 5.74) is 5.72. The van der Waals surface area contributed by atoms with Crippen LogP contribution < -0.4 is 5.73 Å². The van der Waals surface area contributed by atoms with Crippen molar-refractivity contribution in [2.24, 2.45) is 11.7 Å². The van der Waals surface area contributed by atoms with Crippen LogP contribution in [-0.2, 0) is 9.47 Å². The Morgan fingerprint density at radius 2 is 2.07 bits per heavy atom. The van der Waals surface area contributed by atoms with E-state index in [1.165, 1.54) is 19.4 Å². The Morgan fingerprint density at radius 1 is 1.20 bits per heavy atom. The lowest BCUT2D eigenvalue weighted by atomic mass is 10.0. The third-order valence-corrected chi connectivity index (χ3v) is 3.39. The topological polar surface area (TPSA) is 47.7 Å². The molecule has 2 rings (SSSR count). The van der Waals surface area contributed by atoms with Crippen LogP contribution in [0.15, 0.2) is 0 Å². The average Bonchev–Trinajstić information content (AvgIpc) is 2.22. The van der Waals surface area contributed by atoms with Gasteiger partial charge < -0.3 is 15.2 Å². The predicted molar refractivity (Wildman–Crippen MR) is 58.8 cm³/mol. The second-order valence-electron chi connectivity index (χ2n) is 4.55. The molecule has 0 amide bonds. The van der Waals surface area contributed by atoms with Crippen LogP contribution in [-0.4, -0.2) is 57.0 Å². The zero-order valence-electron chi connectivity index (χ0n) is 9.36. The van der Waals surface area contributed by atoms with Gasteiger partial charge in [-0.1, -0.05) is 0 Å². The maximum atomic E-state index is 5.72. The van der Waals surface area contributed by atoms with Gasteiger partial charge in [-0.2, -0.15) is 0 Å². The van der Waals surface area contributed by atoms with Crippen LogP contribution in [0.4, 0.5) is 0 Å². The molecule has 1 unspecified atom stereocenters. The second-order valence-corrected chi connectivity index (χ2v) is 4.55. The van der Waals surface area contributed by atoms with Gasteiger partial charge in [0.1, 0.15) is 0 Å². The van der Waals surface area contributed by atoms with Crippen molar-refractivity contribution in [2.45, 2.75) is 18.9 Å². The maximum absolute atomic E-state index is 5.72. The highest BCUT2D eigenvalue weighted by molar-refractivity contribution is 4.76. The number of rotatable bonds is 5. The maximum Gasteiger partial charge on any atom is 0.0634 e. The highest BCUT2D eigenvalue weighted by atomic mass is 16.5. The number of nitrogens with zero attached hydrogens (tertiary/aromatic N) is 1. The highest BCUT2D eigenvalue weighted by Crippen LogP contribution is 2.17. The Morgan fingerprint density at radius 3 is 2.73 bits per heavy atom. The first-order chi connectivity index (χ1) is 7.40. The molecule has 0 radical (unpaired) electrons. The summed E-state index contributed by atoms with van der Waals surface area (Å²) < 4.78 is 10.6. The molecule has 15 heavy (non-hydrogen) atoms. The van der Waals surface area contributed by atoms with Crippen molar-refractivity contribution < 1.29 is 9.47 Å². The van der Waals surface area contributed by atoms with Gasteiger partial charge in [-0.25, -0.2) is 0 Å². The van der Waals surface area contributed by atoms with Crippen molar-refractivity contribution in [1.82, 2.24) is 4.90 Å². The third kappa shape index (κ3) is 3.14. The summed E-state index contributed by atoms with van der Waals surface area (Å²) in [6.07, 6.45) is 2.57. The molecule has 4 nitrogen and oxygen atoms in total. The summed E-state index contributed by atoms with van der Waals surface area (Å²) in [6, 6.07) is 0.441. The lowest BCUT2D eigenvalue weighted by Gasteiger charge is -2.35. The first-order valence-electron chi connectivity index (χ1n) is 5.99. The molecule has 0 aromatic rings. The second kappa shape index (κ2) is 5.80. The molecular weight excluding hydrogens is 192 g/mol. The van der Waals surface area contributed by atoms with Crippen LogP contribution in [0, 0.1) is 5.92 Å². The van der Waals surface area contributed by atoms with Gasteiger partial charge in [0.15, 0.2) is 0 Å². The highest BCUT2D eigenvalue weighted by Gasteiger charge is 2.22. The molecule has 0 bridgehead atoms. The minimum absolute atomic E-state index is 0.441. The van der Waals surface area contributed by atoms with Crippen LogP contribution in [0.3, 0.4) is 0 Å². The van der Waals surface area contributed by atoms with Crippen molar-refractivity contribution in [3.63, 3.8) is 0 Å². The number of nitrogens with two attached hydrogens (primary N) is 1. The fourth-order valence-electron chi connectivity index (χ4n) is 2.23. The molecule has 2 aliphatic rings. The van der Waals surface area contributed by atoms with E-state index in [2.05, 4.69) is 4.90 Å². The van der Waals surface area contributed by atoms with Gasteiger partial charge >= 0.3 is 0 Å². The van der Waals surface area contributed by atoms with E-state index in [0.717, 1.165) is 38.9 Å². The minimum Gasteiger partial charge on any atom is -0.381 e. The quantitative estimate of drug-likeness (QED) is 0.703. The zero-order valence-corrected chi connectivity index (χ0v) is 9.36.